The van der Waals surface area contributed by atoms with Crippen LogP contribution in [0, 0.1) is 6.92 Å². The number of aromatic nitrogens is 3. The standard InChI is InChI=1S/C38H29N3/c1-24-18-19-35-29(20-24)30-21-28-27-16-10-11-17-31(27)38(2,3)32(28)22-36(30)41(35)37-39-33(25-12-6-4-7-13-25)23-34(40-37)26-14-8-5-9-15-26/h4-23H,1-3H3. The van der Waals surface area contributed by atoms with Crippen LogP contribution in [0.25, 0.3) is 61.4 Å². The third-order valence-electron chi connectivity index (χ3n) is 8.68. The van der Waals surface area contributed by atoms with E-state index < -0.39 is 0 Å². The van der Waals surface area contributed by atoms with E-state index in [-0.39, 0.29) is 5.41 Å². The van der Waals surface area contributed by atoms with Gasteiger partial charge in [0.15, 0.2) is 0 Å². The molecule has 3 nitrogen and oxygen atoms in total. The van der Waals surface area contributed by atoms with E-state index in [0.717, 1.165) is 33.5 Å². The fourth-order valence-electron chi connectivity index (χ4n) is 6.59. The normalized spacial score (nSPS) is 13.4. The van der Waals surface area contributed by atoms with Crippen molar-refractivity contribution in [2.45, 2.75) is 26.2 Å². The van der Waals surface area contributed by atoms with Crippen LogP contribution in [0.1, 0.15) is 30.5 Å². The highest BCUT2D eigenvalue weighted by molar-refractivity contribution is 6.11. The second kappa shape index (κ2) is 8.74. The summed E-state index contributed by atoms with van der Waals surface area (Å²) in [6.45, 7) is 6.83. The van der Waals surface area contributed by atoms with E-state index in [1.54, 1.807) is 0 Å². The van der Waals surface area contributed by atoms with E-state index >= 15 is 0 Å². The monoisotopic (exact) mass is 527 g/mol. The van der Waals surface area contributed by atoms with Crippen LogP contribution in [-0.4, -0.2) is 14.5 Å². The molecular formula is C38H29N3. The van der Waals surface area contributed by atoms with Crippen LogP contribution in [0.2, 0.25) is 0 Å². The molecule has 2 aromatic heterocycles. The zero-order valence-corrected chi connectivity index (χ0v) is 23.4. The summed E-state index contributed by atoms with van der Waals surface area (Å²) in [5.74, 6) is 0.683. The molecule has 0 atom stereocenters. The van der Waals surface area contributed by atoms with Crippen LogP contribution in [-0.2, 0) is 5.41 Å². The average molecular weight is 528 g/mol. The van der Waals surface area contributed by atoms with Crippen molar-refractivity contribution in [3.8, 4) is 39.6 Å². The second-order valence-corrected chi connectivity index (χ2v) is 11.6. The van der Waals surface area contributed by atoms with Crippen LogP contribution in [0.5, 0.6) is 0 Å². The van der Waals surface area contributed by atoms with Crippen molar-refractivity contribution >= 4 is 21.8 Å². The van der Waals surface area contributed by atoms with Crippen LogP contribution in [0.3, 0.4) is 0 Å². The zero-order valence-electron chi connectivity index (χ0n) is 23.4. The maximum Gasteiger partial charge on any atom is 0.235 e. The molecule has 0 unspecified atom stereocenters. The van der Waals surface area contributed by atoms with E-state index in [9.17, 15) is 0 Å². The van der Waals surface area contributed by atoms with E-state index in [1.807, 2.05) is 12.1 Å². The molecule has 0 fully saturated rings. The molecule has 1 aliphatic carbocycles. The zero-order chi connectivity index (χ0) is 27.7. The van der Waals surface area contributed by atoms with Gasteiger partial charge in [-0.15, -0.1) is 0 Å². The highest BCUT2D eigenvalue weighted by Gasteiger charge is 2.36. The number of aryl methyl sites for hydroxylation is 1. The summed E-state index contributed by atoms with van der Waals surface area (Å²) >= 11 is 0. The number of hydrogen-bond acceptors (Lipinski definition) is 2. The van der Waals surface area contributed by atoms with Gasteiger partial charge in [-0.25, -0.2) is 9.97 Å². The fourth-order valence-corrected chi connectivity index (χ4v) is 6.59. The van der Waals surface area contributed by atoms with E-state index in [0.29, 0.717) is 5.95 Å². The Balaban J connectivity index is 1.47. The average Bonchev–Trinajstić information content (AvgIpc) is 3.45. The quantitative estimate of drug-likeness (QED) is 0.229. The van der Waals surface area contributed by atoms with E-state index in [2.05, 4.69) is 135 Å². The second-order valence-electron chi connectivity index (χ2n) is 11.6. The summed E-state index contributed by atoms with van der Waals surface area (Å²) in [5, 5.41) is 2.45. The number of nitrogens with zero attached hydrogens (tertiary/aromatic N) is 3. The Morgan fingerprint density at radius 3 is 1.83 bits per heavy atom. The Morgan fingerprint density at radius 1 is 0.537 bits per heavy atom. The number of rotatable bonds is 3. The number of benzene rings is 5. The lowest BCUT2D eigenvalue weighted by Crippen LogP contribution is -2.15. The smallest absolute Gasteiger partial charge is 0.235 e. The lowest BCUT2D eigenvalue weighted by molar-refractivity contribution is 0.661. The molecule has 1 aliphatic rings. The topological polar surface area (TPSA) is 30.7 Å². The molecule has 3 heteroatoms. The summed E-state index contributed by atoms with van der Waals surface area (Å²) in [7, 11) is 0. The van der Waals surface area contributed by atoms with Gasteiger partial charge in [0.2, 0.25) is 5.95 Å². The molecule has 196 valence electrons. The molecule has 5 aromatic carbocycles. The van der Waals surface area contributed by atoms with E-state index in [4.69, 9.17) is 9.97 Å². The summed E-state index contributed by atoms with van der Waals surface area (Å²) < 4.78 is 2.27. The highest BCUT2D eigenvalue weighted by atomic mass is 15.2. The van der Waals surface area contributed by atoms with Crippen molar-refractivity contribution in [2.24, 2.45) is 0 Å². The first-order valence-corrected chi connectivity index (χ1v) is 14.2. The molecule has 0 bridgehead atoms. The van der Waals surface area contributed by atoms with Crippen molar-refractivity contribution in [1.29, 1.82) is 0 Å². The molecule has 0 spiro atoms. The molecule has 0 aliphatic heterocycles. The van der Waals surface area contributed by atoms with Gasteiger partial charge >= 0.3 is 0 Å². The maximum atomic E-state index is 5.22. The Kier molecular flexibility index (Phi) is 5.08. The molecule has 2 heterocycles. The lowest BCUT2D eigenvalue weighted by Gasteiger charge is -2.21. The van der Waals surface area contributed by atoms with Gasteiger partial charge in [-0.05, 0) is 59.5 Å². The van der Waals surface area contributed by atoms with Crippen molar-refractivity contribution in [3.05, 3.63) is 138 Å². The Hall–Kier alpha value is -5.02. The molecule has 0 saturated carbocycles. The third-order valence-corrected chi connectivity index (χ3v) is 8.68. The van der Waals surface area contributed by atoms with Gasteiger partial charge < -0.3 is 0 Å². The fraction of sp³-hybridized carbons (Fsp3) is 0.105. The Labute approximate surface area is 239 Å². The minimum absolute atomic E-state index is 0.0980. The van der Waals surface area contributed by atoms with Crippen molar-refractivity contribution in [2.75, 3.05) is 0 Å². The van der Waals surface area contributed by atoms with Crippen molar-refractivity contribution < 1.29 is 0 Å². The van der Waals surface area contributed by atoms with Gasteiger partial charge in [0.05, 0.1) is 22.4 Å². The number of hydrogen-bond donors (Lipinski definition) is 0. The predicted octanol–water partition coefficient (Wildman–Crippen LogP) is 9.52. The van der Waals surface area contributed by atoms with Gasteiger partial charge in [0.1, 0.15) is 0 Å². The summed E-state index contributed by atoms with van der Waals surface area (Å²) in [4.78, 5) is 10.4. The first-order valence-electron chi connectivity index (χ1n) is 14.2. The maximum absolute atomic E-state index is 5.22. The Morgan fingerprint density at radius 2 is 1.15 bits per heavy atom. The first kappa shape index (κ1) is 23.8. The van der Waals surface area contributed by atoms with Crippen molar-refractivity contribution in [3.63, 3.8) is 0 Å². The van der Waals surface area contributed by atoms with Gasteiger partial charge in [0, 0.05) is 27.3 Å². The summed E-state index contributed by atoms with van der Waals surface area (Å²) in [5.41, 5.74) is 12.7. The van der Waals surface area contributed by atoms with Crippen LogP contribution in [0.4, 0.5) is 0 Å². The Bertz CT molecular complexity index is 2060. The molecule has 41 heavy (non-hydrogen) atoms. The molecule has 7 aromatic rings. The summed E-state index contributed by atoms with van der Waals surface area (Å²) in [6, 6.07) is 43.2. The van der Waals surface area contributed by atoms with Crippen LogP contribution in [0.15, 0.2) is 121 Å². The minimum Gasteiger partial charge on any atom is -0.278 e. The van der Waals surface area contributed by atoms with Crippen molar-refractivity contribution in [1.82, 2.24) is 14.5 Å². The molecule has 0 radical (unpaired) electrons. The molecule has 0 N–H and O–H groups in total. The first-order chi connectivity index (χ1) is 20.0. The van der Waals surface area contributed by atoms with Gasteiger partial charge in [0.25, 0.3) is 0 Å². The minimum atomic E-state index is -0.0980. The van der Waals surface area contributed by atoms with Gasteiger partial charge in [-0.1, -0.05) is 110 Å². The van der Waals surface area contributed by atoms with E-state index in [1.165, 1.54) is 38.6 Å². The SMILES string of the molecule is Cc1ccc2c(c1)c1cc3c(cc1n2-c1nc(-c2ccccc2)cc(-c2ccccc2)n1)C(C)(C)c1ccccc1-3. The summed E-state index contributed by atoms with van der Waals surface area (Å²) in [6.07, 6.45) is 0. The lowest BCUT2D eigenvalue weighted by atomic mass is 9.82. The molecule has 0 amide bonds. The van der Waals surface area contributed by atoms with Crippen LogP contribution < -0.4 is 0 Å². The van der Waals surface area contributed by atoms with Gasteiger partial charge in [-0.2, -0.15) is 0 Å². The van der Waals surface area contributed by atoms with Gasteiger partial charge in [-0.3, -0.25) is 4.57 Å². The predicted molar refractivity (Wildman–Crippen MR) is 170 cm³/mol. The highest BCUT2D eigenvalue weighted by Crippen LogP contribution is 2.51. The molecule has 8 rings (SSSR count). The molecular weight excluding hydrogens is 498 g/mol. The third kappa shape index (κ3) is 3.59. The largest absolute Gasteiger partial charge is 0.278 e. The van der Waals surface area contributed by atoms with Crippen LogP contribution >= 0.6 is 0 Å². The number of fused-ring (bicyclic) bond motifs is 6. The molecule has 0 saturated heterocycles.